The third kappa shape index (κ3) is 3.42. The minimum atomic E-state index is -0.0188. The van der Waals surface area contributed by atoms with Gasteiger partial charge in [0.1, 0.15) is 10.7 Å². The van der Waals surface area contributed by atoms with Crippen molar-refractivity contribution in [2.45, 2.75) is 6.92 Å². The molecular formula is C17H11KN4OS. The Morgan fingerprint density at radius 3 is 2.17 bits per heavy atom. The molecule has 7 heteroatoms. The molecule has 4 aromatic rings. The summed E-state index contributed by atoms with van der Waals surface area (Å²) < 4.78 is 0. The fourth-order valence-electron chi connectivity index (χ4n) is 2.32. The zero-order valence-electron chi connectivity index (χ0n) is 13.2. The monoisotopic (exact) mass is 358 g/mol. The van der Waals surface area contributed by atoms with Crippen LogP contribution in [-0.4, -0.2) is 20.2 Å². The number of rotatable bonds is 2. The molecule has 0 aliphatic carbocycles. The van der Waals surface area contributed by atoms with E-state index in [1.54, 1.807) is 12.1 Å². The van der Waals surface area contributed by atoms with Gasteiger partial charge in [0.05, 0.1) is 16.7 Å². The van der Waals surface area contributed by atoms with Crippen molar-refractivity contribution in [1.29, 1.82) is 0 Å². The number of aryl methyl sites for hydroxylation is 1. The van der Waals surface area contributed by atoms with E-state index in [9.17, 15) is 5.11 Å². The molecule has 0 unspecified atom stereocenters. The first-order valence-electron chi connectivity index (χ1n) is 7.05. The van der Waals surface area contributed by atoms with Crippen LogP contribution in [0.2, 0.25) is 0 Å². The molecule has 0 atom stereocenters. The number of aromatic nitrogens is 4. The summed E-state index contributed by atoms with van der Waals surface area (Å²) in [5.74, 6) is -0.0188. The molecule has 0 radical (unpaired) electrons. The fourth-order valence-corrected chi connectivity index (χ4v) is 3.21. The van der Waals surface area contributed by atoms with Crippen molar-refractivity contribution in [2.75, 3.05) is 0 Å². The maximum absolute atomic E-state index is 11.2. The van der Waals surface area contributed by atoms with Crippen molar-refractivity contribution >= 4 is 22.4 Å². The average molecular weight is 358 g/mol. The predicted molar refractivity (Wildman–Crippen MR) is 88.1 cm³/mol. The van der Waals surface area contributed by atoms with Gasteiger partial charge in [-0.1, -0.05) is 47.7 Å². The Kier molecular flexibility index (Phi) is 5.38. The molecule has 0 aliphatic heterocycles. The molecule has 2 heterocycles. The van der Waals surface area contributed by atoms with Crippen molar-refractivity contribution in [3.8, 4) is 27.0 Å². The number of fused-ring (bicyclic) bond motifs is 1. The molecule has 2 aromatic heterocycles. The van der Waals surface area contributed by atoms with Gasteiger partial charge in [-0.05, 0) is 19.1 Å². The molecule has 0 N–H and O–H groups in total. The van der Waals surface area contributed by atoms with Crippen molar-refractivity contribution in [3.05, 3.63) is 54.2 Å². The summed E-state index contributed by atoms with van der Waals surface area (Å²) in [5, 5.41) is 21.1. The average Bonchev–Trinajstić information content (AvgIpc) is 3.04. The molecule has 0 saturated heterocycles. The third-order valence-corrected chi connectivity index (χ3v) is 4.45. The summed E-state index contributed by atoms with van der Waals surface area (Å²) in [6.07, 6.45) is 0. The van der Waals surface area contributed by atoms with Gasteiger partial charge in [-0.15, -0.1) is 15.9 Å². The number of para-hydroxylation sites is 2. The summed E-state index contributed by atoms with van der Waals surface area (Å²) in [7, 11) is 0. The van der Waals surface area contributed by atoms with Gasteiger partial charge in [-0.3, -0.25) is 0 Å². The number of hydrogen-bond donors (Lipinski definition) is 0. The van der Waals surface area contributed by atoms with E-state index in [1.165, 1.54) is 23.5 Å². The SMILES string of the molecule is Cc1nc2ccccc2nc1-c1nnc(-c2ccc([O-])cc2)s1.[K+]. The van der Waals surface area contributed by atoms with Gasteiger partial charge in [0.2, 0.25) is 0 Å². The molecule has 5 nitrogen and oxygen atoms in total. The van der Waals surface area contributed by atoms with E-state index in [0.717, 1.165) is 38.0 Å². The van der Waals surface area contributed by atoms with Crippen LogP contribution in [0, 0.1) is 6.92 Å². The molecule has 112 valence electrons. The third-order valence-electron chi connectivity index (χ3n) is 3.47. The van der Waals surface area contributed by atoms with Crippen LogP contribution in [0.25, 0.3) is 32.3 Å². The van der Waals surface area contributed by atoms with Crippen LogP contribution < -0.4 is 56.5 Å². The summed E-state index contributed by atoms with van der Waals surface area (Å²) >= 11 is 1.44. The van der Waals surface area contributed by atoms with Gasteiger partial charge in [-0.2, -0.15) is 0 Å². The van der Waals surface area contributed by atoms with E-state index in [4.69, 9.17) is 0 Å². The van der Waals surface area contributed by atoms with E-state index >= 15 is 0 Å². The Morgan fingerprint density at radius 1 is 0.833 bits per heavy atom. The second kappa shape index (κ2) is 7.34. The molecule has 0 amide bonds. The first-order valence-corrected chi connectivity index (χ1v) is 7.87. The molecular weight excluding hydrogens is 347 g/mol. The Labute approximate surface area is 185 Å². The molecule has 24 heavy (non-hydrogen) atoms. The molecule has 0 aliphatic rings. The first kappa shape index (κ1) is 17.6. The van der Waals surface area contributed by atoms with E-state index in [0.29, 0.717) is 0 Å². The zero-order chi connectivity index (χ0) is 15.8. The van der Waals surface area contributed by atoms with E-state index in [2.05, 4.69) is 20.2 Å². The van der Waals surface area contributed by atoms with Gasteiger partial charge in [0.15, 0.2) is 5.01 Å². The summed E-state index contributed by atoms with van der Waals surface area (Å²) in [5.41, 5.74) is 4.14. The molecule has 2 aromatic carbocycles. The van der Waals surface area contributed by atoms with E-state index in [1.807, 2.05) is 31.2 Å². The standard InChI is InChI=1S/C17H12N4OS.K/c1-10-15(19-14-5-3-2-4-13(14)18-10)17-21-20-16(23-17)11-6-8-12(22)9-7-11;/h2-9,22H,1H3;/q;+1/p-1. The van der Waals surface area contributed by atoms with Crippen LogP contribution in [0.3, 0.4) is 0 Å². The van der Waals surface area contributed by atoms with Gasteiger partial charge in [-0.25, -0.2) is 9.97 Å². The van der Waals surface area contributed by atoms with Crippen molar-refractivity contribution in [2.24, 2.45) is 0 Å². The van der Waals surface area contributed by atoms with Crippen LogP contribution in [0.4, 0.5) is 0 Å². The largest absolute Gasteiger partial charge is 1.00 e. The first-order chi connectivity index (χ1) is 11.2. The van der Waals surface area contributed by atoms with Gasteiger partial charge < -0.3 is 5.11 Å². The molecule has 0 saturated carbocycles. The summed E-state index contributed by atoms with van der Waals surface area (Å²) in [4.78, 5) is 9.24. The van der Waals surface area contributed by atoms with Crippen LogP contribution in [0.15, 0.2) is 48.5 Å². The smallest absolute Gasteiger partial charge is 0.872 e. The molecule has 0 fully saturated rings. The number of hydrogen-bond acceptors (Lipinski definition) is 6. The van der Waals surface area contributed by atoms with Crippen LogP contribution >= 0.6 is 11.3 Å². The minimum Gasteiger partial charge on any atom is -0.872 e. The quantitative estimate of drug-likeness (QED) is 0.479. The maximum Gasteiger partial charge on any atom is 1.00 e. The Morgan fingerprint density at radius 2 is 1.46 bits per heavy atom. The Bertz CT molecular complexity index is 1000. The van der Waals surface area contributed by atoms with Crippen LogP contribution in [-0.2, 0) is 0 Å². The molecule has 0 spiro atoms. The maximum atomic E-state index is 11.2. The predicted octanol–water partition coefficient (Wildman–Crippen LogP) is 0.201. The van der Waals surface area contributed by atoms with Crippen LogP contribution in [0.5, 0.6) is 5.75 Å². The second-order valence-electron chi connectivity index (χ2n) is 5.08. The van der Waals surface area contributed by atoms with Gasteiger partial charge >= 0.3 is 51.4 Å². The second-order valence-corrected chi connectivity index (χ2v) is 6.06. The van der Waals surface area contributed by atoms with Crippen molar-refractivity contribution < 1.29 is 56.5 Å². The summed E-state index contributed by atoms with van der Waals surface area (Å²) in [6.45, 7) is 1.92. The molecule has 0 bridgehead atoms. The van der Waals surface area contributed by atoms with E-state index < -0.39 is 0 Å². The van der Waals surface area contributed by atoms with E-state index in [-0.39, 0.29) is 57.1 Å². The normalized spacial score (nSPS) is 10.5. The van der Waals surface area contributed by atoms with Crippen molar-refractivity contribution in [3.63, 3.8) is 0 Å². The number of nitrogens with zero attached hydrogens (tertiary/aromatic N) is 4. The topological polar surface area (TPSA) is 74.6 Å². The zero-order valence-corrected chi connectivity index (χ0v) is 17.2. The Balaban J connectivity index is 0.00000169. The fraction of sp³-hybridized carbons (Fsp3) is 0.0588. The molecule has 4 rings (SSSR count). The number of benzene rings is 2. The Hall–Kier alpha value is -1.22. The minimum absolute atomic E-state index is 0. The van der Waals surface area contributed by atoms with Gasteiger partial charge in [0.25, 0.3) is 0 Å². The van der Waals surface area contributed by atoms with Gasteiger partial charge in [0, 0.05) is 5.56 Å². The van der Waals surface area contributed by atoms with Crippen LogP contribution in [0.1, 0.15) is 5.69 Å². The summed E-state index contributed by atoms with van der Waals surface area (Å²) in [6, 6.07) is 14.3. The van der Waals surface area contributed by atoms with Crippen molar-refractivity contribution in [1.82, 2.24) is 20.2 Å².